The highest BCUT2D eigenvalue weighted by Gasteiger charge is 2.16. The molecule has 0 aliphatic carbocycles. The van der Waals surface area contributed by atoms with Crippen LogP contribution >= 0.6 is 0 Å². The van der Waals surface area contributed by atoms with Crippen LogP contribution in [0.25, 0.3) is 17.0 Å². The molecular weight excluding hydrogens is 464 g/mol. The van der Waals surface area contributed by atoms with Crippen LogP contribution in [0.2, 0.25) is 0 Å². The summed E-state index contributed by atoms with van der Waals surface area (Å²) in [5.41, 5.74) is 4.15. The number of hydrogen-bond acceptors (Lipinski definition) is 3. The van der Waals surface area contributed by atoms with Gasteiger partial charge in [0.1, 0.15) is 18.9 Å². The summed E-state index contributed by atoms with van der Waals surface area (Å²) in [6, 6.07) is 25.7. The third-order valence-electron chi connectivity index (χ3n) is 6.43. The minimum atomic E-state index is -0.948. The number of carbonyl (C=O) groups excluding carboxylic acids is 1. The van der Waals surface area contributed by atoms with E-state index in [9.17, 15) is 14.7 Å². The molecule has 0 saturated heterocycles. The Morgan fingerprint density at radius 2 is 1.65 bits per heavy atom. The molecule has 0 radical (unpaired) electrons. The summed E-state index contributed by atoms with van der Waals surface area (Å²) < 4.78 is 7.90. The third-order valence-corrected chi connectivity index (χ3v) is 6.43. The smallest absolute Gasteiger partial charge is 0.331 e. The van der Waals surface area contributed by atoms with Gasteiger partial charge in [0, 0.05) is 41.8 Å². The molecule has 0 fully saturated rings. The third kappa shape index (κ3) is 6.67. The number of ether oxygens (including phenoxy) is 1. The first-order valence-electron chi connectivity index (χ1n) is 12.5. The largest absolute Gasteiger partial charge is 0.489 e. The van der Waals surface area contributed by atoms with Gasteiger partial charge in [0.05, 0.1) is 0 Å². The molecule has 190 valence electrons. The van der Waals surface area contributed by atoms with E-state index in [1.54, 1.807) is 11.0 Å². The zero-order chi connectivity index (χ0) is 26.2. The number of hydrogen-bond donors (Lipinski definition) is 1. The summed E-state index contributed by atoms with van der Waals surface area (Å²) in [5, 5.41) is 10.4. The second-order valence-corrected chi connectivity index (χ2v) is 9.04. The van der Waals surface area contributed by atoms with Gasteiger partial charge in [0.25, 0.3) is 0 Å². The highest BCUT2D eigenvalue weighted by atomic mass is 16.5. The quantitative estimate of drug-likeness (QED) is 0.267. The fourth-order valence-corrected chi connectivity index (χ4v) is 4.22. The van der Waals surface area contributed by atoms with Gasteiger partial charge in [-0.25, -0.2) is 4.79 Å². The van der Waals surface area contributed by atoms with Gasteiger partial charge in [-0.2, -0.15) is 0 Å². The number of aliphatic carboxylic acids is 1. The number of carboxylic acids is 1. The zero-order valence-electron chi connectivity index (χ0n) is 21.3. The monoisotopic (exact) mass is 496 g/mol. The minimum Gasteiger partial charge on any atom is -0.489 e. The molecule has 37 heavy (non-hydrogen) atoms. The van der Waals surface area contributed by atoms with Crippen LogP contribution < -0.4 is 4.74 Å². The number of benzene rings is 3. The van der Waals surface area contributed by atoms with Crippen LogP contribution in [0.5, 0.6) is 5.75 Å². The van der Waals surface area contributed by atoms with Crippen molar-refractivity contribution in [3.63, 3.8) is 0 Å². The number of aromatic nitrogens is 1. The highest BCUT2D eigenvalue weighted by Crippen LogP contribution is 2.29. The van der Waals surface area contributed by atoms with Crippen LogP contribution in [0, 0.1) is 0 Å². The first-order valence-corrected chi connectivity index (χ1v) is 12.5. The number of rotatable bonds is 11. The van der Waals surface area contributed by atoms with E-state index in [4.69, 9.17) is 4.74 Å². The summed E-state index contributed by atoms with van der Waals surface area (Å²) >= 11 is 0. The van der Waals surface area contributed by atoms with Crippen molar-refractivity contribution >= 4 is 28.9 Å². The molecule has 3 aromatic carbocycles. The molecule has 0 atom stereocenters. The topological polar surface area (TPSA) is 71.8 Å². The predicted molar refractivity (Wildman–Crippen MR) is 146 cm³/mol. The lowest BCUT2D eigenvalue weighted by atomic mass is 10.1. The molecule has 6 heteroatoms. The summed E-state index contributed by atoms with van der Waals surface area (Å²) in [4.78, 5) is 26.5. The van der Waals surface area contributed by atoms with E-state index in [2.05, 4.69) is 12.1 Å². The fourth-order valence-electron chi connectivity index (χ4n) is 4.22. The van der Waals surface area contributed by atoms with Crippen LogP contribution in [0.1, 0.15) is 30.0 Å². The van der Waals surface area contributed by atoms with E-state index in [-0.39, 0.29) is 12.5 Å². The Bertz CT molecular complexity index is 1390. The van der Waals surface area contributed by atoms with Crippen molar-refractivity contribution in [2.24, 2.45) is 0 Å². The van der Waals surface area contributed by atoms with Gasteiger partial charge in [-0.05, 0) is 48.2 Å². The average molecular weight is 497 g/mol. The molecule has 0 aliphatic rings. The van der Waals surface area contributed by atoms with Crippen LogP contribution in [0.3, 0.4) is 0 Å². The average Bonchev–Trinajstić information content (AvgIpc) is 3.26. The maximum Gasteiger partial charge on any atom is 0.331 e. The number of fused-ring (bicyclic) bond motifs is 1. The maximum absolute atomic E-state index is 13.1. The summed E-state index contributed by atoms with van der Waals surface area (Å²) in [6.45, 7) is 3.02. The lowest BCUT2D eigenvalue weighted by Gasteiger charge is -2.18. The van der Waals surface area contributed by atoms with E-state index < -0.39 is 5.97 Å². The highest BCUT2D eigenvalue weighted by molar-refractivity contribution is 5.98. The van der Waals surface area contributed by atoms with Crippen molar-refractivity contribution in [3.05, 3.63) is 107 Å². The van der Waals surface area contributed by atoms with Crippen LogP contribution in [0.4, 0.5) is 0 Å². The van der Waals surface area contributed by atoms with Crippen molar-refractivity contribution in [2.75, 3.05) is 13.6 Å². The Morgan fingerprint density at radius 3 is 2.30 bits per heavy atom. The Kier molecular flexibility index (Phi) is 8.41. The number of nitrogens with zero attached hydrogens (tertiary/aromatic N) is 2. The van der Waals surface area contributed by atoms with Gasteiger partial charge in [-0.1, -0.05) is 67.6 Å². The molecule has 1 heterocycles. The fraction of sp³-hybridized carbons (Fsp3) is 0.226. The minimum absolute atomic E-state index is 0.0123. The molecule has 0 spiro atoms. The van der Waals surface area contributed by atoms with E-state index in [1.165, 1.54) is 5.56 Å². The SMILES string of the molecule is CCC(=Cc1cn(CC(=O)N(C)CCc2ccccc2)c2ccc(OCc3ccccc3)cc12)C(=O)O. The van der Waals surface area contributed by atoms with Gasteiger partial charge in [0.15, 0.2) is 0 Å². The Labute approximate surface area is 217 Å². The molecular formula is C31H32N2O4. The first kappa shape index (κ1) is 25.8. The molecule has 1 amide bonds. The van der Waals surface area contributed by atoms with Gasteiger partial charge in [-0.15, -0.1) is 0 Å². The standard InChI is InChI=1S/C31H32N2O4/c1-3-25(31(35)36)18-26-20-33(21-30(34)32(2)17-16-23-10-6-4-7-11-23)29-15-14-27(19-28(26)29)37-22-24-12-8-5-9-13-24/h4-15,18-20H,3,16-17,21-22H2,1-2H3,(H,35,36). The second kappa shape index (κ2) is 12.1. The molecule has 0 bridgehead atoms. The van der Waals surface area contributed by atoms with Gasteiger partial charge in [-0.3, -0.25) is 4.79 Å². The summed E-state index contributed by atoms with van der Waals surface area (Å²) in [5.74, 6) is -0.276. The molecule has 0 aliphatic heterocycles. The molecule has 1 aromatic heterocycles. The lowest BCUT2D eigenvalue weighted by Crippen LogP contribution is -2.31. The van der Waals surface area contributed by atoms with E-state index in [0.29, 0.717) is 30.9 Å². The van der Waals surface area contributed by atoms with Crippen molar-refractivity contribution < 1.29 is 19.4 Å². The number of carboxylic acid groups (broad SMARTS) is 1. The molecule has 0 saturated carbocycles. The second-order valence-electron chi connectivity index (χ2n) is 9.04. The van der Waals surface area contributed by atoms with Gasteiger partial charge in [0.2, 0.25) is 5.91 Å². The van der Waals surface area contributed by atoms with Gasteiger partial charge < -0.3 is 19.3 Å². The molecule has 1 N–H and O–H groups in total. The summed E-state index contributed by atoms with van der Waals surface area (Å²) in [6.07, 6.45) is 4.72. The number of amides is 1. The van der Waals surface area contributed by atoms with E-state index >= 15 is 0 Å². The van der Waals surface area contributed by atoms with Crippen molar-refractivity contribution in [1.82, 2.24) is 9.47 Å². The Hall–Kier alpha value is -4.32. The van der Waals surface area contributed by atoms with E-state index in [0.717, 1.165) is 28.5 Å². The molecule has 6 nitrogen and oxygen atoms in total. The zero-order valence-corrected chi connectivity index (χ0v) is 21.3. The Morgan fingerprint density at radius 1 is 0.973 bits per heavy atom. The van der Waals surface area contributed by atoms with Crippen molar-refractivity contribution in [2.45, 2.75) is 32.9 Å². The van der Waals surface area contributed by atoms with Gasteiger partial charge >= 0.3 is 5.97 Å². The number of carbonyl (C=O) groups is 2. The van der Waals surface area contributed by atoms with Crippen LogP contribution in [-0.4, -0.2) is 40.0 Å². The lowest BCUT2D eigenvalue weighted by molar-refractivity contribution is -0.133. The summed E-state index contributed by atoms with van der Waals surface area (Å²) in [7, 11) is 1.81. The van der Waals surface area contributed by atoms with Crippen LogP contribution in [-0.2, 0) is 29.2 Å². The van der Waals surface area contributed by atoms with Crippen molar-refractivity contribution in [3.8, 4) is 5.75 Å². The maximum atomic E-state index is 13.1. The Balaban J connectivity index is 1.58. The number of likely N-dealkylation sites (N-methyl/N-ethyl adjacent to an activating group) is 1. The normalized spacial score (nSPS) is 11.5. The van der Waals surface area contributed by atoms with E-state index in [1.807, 2.05) is 91.5 Å². The van der Waals surface area contributed by atoms with Crippen LogP contribution in [0.15, 0.2) is 90.6 Å². The van der Waals surface area contributed by atoms with Crippen molar-refractivity contribution in [1.29, 1.82) is 0 Å². The molecule has 4 aromatic rings. The molecule has 0 unspecified atom stereocenters. The predicted octanol–water partition coefficient (Wildman–Crippen LogP) is 5.80. The first-order chi connectivity index (χ1) is 17.9. The molecule has 4 rings (SSSR count).